The molecule has 1 saturated heterocycles. The number of carbonyl (C=O) groups excluding carboxylic acids is 1. The van der Waals surface area contributed by atoms with E-state index in [1.807, 2.05) is 6.92 Å². The first-order chi connectivity index (χ1) is 19.4. The number of pyridine rings is 1. The Hall–Kier alpha value is -3.87. The zero-order valence-electron chi connectivity index (χ0n) is 22.6. The van der Waals surface area contributed by atoms with Crippen molar-refractivity contribution in [2.24, 2.45) is 0 Å². The van der Waals surface area contributed by atoms with Crippen LogP contribution in [0.5, 0.6) is 5.75 Å². The van der Waals surface area contributed by atoms with Crippen molar-refractivity contribution in [1.82, 2.24) is 14.2 Å². The molecule has 0 radical (unpaired) electrons. The van der Waals surface area contributed by atoms with E-state index in [2.05, 4.69) is 10.6 Å². The molecule has 4 N–H and O–H groups in total. The van der Waals surface area contributed by atoms with Crippen molar-refractivity contribution in [1.29, 1.82) is 0 Å². The van der Waals surface area contributed by atoms with Gasteiger partial charge >= 0.3 is 12.0 Å². The van der Waals surface area contributed by atoms with E-state index in [0.29, 0.717) is 24.2 Å². The largest absolute Gasteiger partial charge is 0.505 e. The van der Waals surface area contributed by atoms with Crippen LogP contribution in [-0.4, -0.2) is 52.6 Å². The van der Waals surface area contributed by atoms with Crippen molar-refractivity contribution in [3.05, 3.63) is 86.3 Å². The van der Waals surface area contributed by atoms with E-state index in [-0.39, 0.29) is 22.0 Å². The van der Waals surface area contributed by atoms with E-state index >= 15 is 0 Å². The van der Waals surface area contributed by atoms with Gasteiger partial charge < -0.3 is 25.4 Å². The van der Waals surface area contributed by atoms with E-state index in [1.54, 1.807) is 24.3 Å². The highest BCUT2D eigenvalue weighted by atomic mass is 35.5. The fourth-order valence-electron chi connectivity index (χ4n) is 4.65. The number of urea groups is 1. The molecule has 2 amide bonds. The van der Waals surface area contributed by atoms with Crippen LogP contribution < -0.4 is 16.2 Å². The number of aromatic hydroxyl groups is 1. The molecular formula is C28H31ClN4O7S. The number of sulfonamides is 1. The minimum Gasteiger partial charge on any atom is -0.505 e. The molecule has 1 aromatic heterocycles. The third-order valence-corrected chi connectivity index (χ3v) is 9.16. The van der Waals surface area contributed by atoms with Crippen molar-refractivity contribution in [2.75, 3.05) is 18.4 Å². The average molecular weight is 603 g/mol. The predicted octanol–water partition coefficient (Wildman–Crippen LogP) is 3.99. The highest BCUT2D eigenvalue weighted by Gasteiger charge is 2.28. The van der Waals surface area contributed by atoms with Crippen LogP contribution in [0.15, 0.2) is 58.4 Å². The summed E-state index contributed by atoms with van der Waals surface area (Å²) in [6, 6.07) is 9.46. The quantitative estimate of drug-likeness (QED) is 0.288. The average Bonchev–Trinajstić information content (AvgIpc) is 3.47. The lowest BCUT2D eigenvalue weighted by Gasteiger charge is -2.19. The number of carboxylic acid groups (broad SMARTS) is 1. The van der Waals surface area contributed by atoms with E-state index in [9.17, 15) is 33.0 Å². The molecule has 3 aromatic rings. The number of hydrogen-bond acceptors (Lipinski definition) is 6. The molecule has 41 heavy (non-hydrogen) atoms. The maximum Gasteiger partial charge on any atom is 0.319 e. The first kappa shape index (κ1) is 30.1. The lowest BCUT2D eigenvalue weighted by molar-refractivity contribution is -0.137. The second-order valence-electron chi connectivity index (χ2n) is 9.99. The standard InChI is InChI=1S/C28H31ClN4O7S/c1-17-5-7-19(8-6-17)23(14-24(34)35)30-28(38)31-25-26(36)18(2)15-32(27(25)37)16-20-13-21(9-10-22(20)29)41(39,40)33-11-3-4-12-33/h5-10,13,15,23,36H,3-4,11-12,14,16H2,1-2H3,(H,34,35)(H2,30,31,38)/t23-/m0/s1. The lowest BCUT2D eigenvalue weighted by Crippen LogP contribution is -2.36. The summed E-state index contributed by atoms with van der Waals surface area (Å²) in [6.07, 6.45) is 2.54. The van der Waals surface area contributed by atoms with E-state index in [0.717, 1.165) is 18.4 Å². The summed E-state index contributed by atoms with van der Waals surface area (Å²) in [5.74, 6) is -1.59. The number of aliphatic carboxylic acids is 1. The predicted molar refractivity (Wildman–Crippen MR) is 154 cm³/mol. The van der Waals surface area contributed by atoms with Gasteiger partial charge in [0, 0.05) is 29.9 Å². The van der Waals surface area contributed by atoms with Crippen molar-refractivity contribution in [3.63, 3.8) is 0 Å². The van der Waals surface area contributed by atoms with Gasteiger partial charge in [0.1, 0.15) is 5.75 Å². The number of carbonyl (C=O) groups is 2. The van der Waals surface area contributed by atoms with Crippen molar-refractivity contribution >= 4 is 39.3 Å². The molecule has 13 heteroatoms. The van der Waals surface area contributed by atoms with Gasteiger partial charge in [-0.3, -0.25) is 9.59 Å². The summed E-state index contributed by atoms with van der Waals surface area (Å²) in [6.45, 7) is 4.14. The molecule has 0 saturated carbocycles. The molecule has 0 spiro atoms. The number of halogens is 1. The van der Waals surface area contributed by atoms with E-state index in [1.165, 1.54) is 40.2 Å². The maximum atomic E-state index is 13.4. The van der Waals surface area contributed by atoms with Gasteiger partial charge in [0.2, 0.25) is 10.0 Å². The second kappa shape index (κ2) is 12.3. The summed E-state index contributed by atoms with van der Waals surface area (Å²) in [5, 5.41) is 25.1. The van der Waals surface area contributed by atoms with Crippen LogP contribution in [0.2, 0.25) is 5.02 Å². The Labute approximate surface area is 242 Å². The number of anilines is 1. The number of amides is 2. The Bertz CT molecular complexity index is 1630. The Morgan fingerprint density at radius 2 is 1.73 bits per heavy atom. The number of nitrogens with zero attached hydrogens (tertiary/aromatic N) is 2. The highest BCUT2D eigenvalue weighted by Crippen LogP contribution is 2.28. The fraction of sp³-hybridized carbons (Fsp3) is 0.321. The Morgan fingerprint density at radius 3 is 2.37 bits per heavy atom. The molecule has 11 nitrogen and oxygen atoms in total. The number of rotatable bonds is 9. The molecule has 1 aliphatic heterocycles. The minimum atomic E-state index is -3.72. The summed E-state index contributed by atoms with van der Waals surface area (Å²) in [5.41, 5.74) is 0.942. The van der Waals surface area contributed by atoms with Crippen LogP contribution in [0.3, 0.4) is 0 Å². The van der Waals surface area contributed by atoms with Gasteiger partial charge in [0.05, 0.1) is 23.9 Å². The van der Waals surface area contributed by atoms with Gasteiger partial charge in [-0.15, -0.1) is 0 Å². The zero-order chi connectivity index (χ0) is 29.9. The lowest BCUT2D eigenvalue weighted by atomic mass is 10.0. The van der Waals surface area contributed by atoms with Crippen LogP contribution in [-0.2, 0) is 21.4 Å². The van der Waals surface area contributed by atoms with Gasteiger partial charge in [-0.05, 0) is 56.0 Å². The summed E-state index contributed by atoms with van der Waals surface area (Å²) in [7, 11) is -3.72. The van der Waals surface area contributed by atoms with Crippen LogP contribution in [0.1, 0.15) is 47.6 Å². The minimum absolute atomic E-state index is 0.0562. The molecule has 4 rings (SSSR count). The van der Waals surface area contributed by atoms with Gasteiger partial charge in [0.25, 0.3) is 5.56 Å². The van der Waals surface area contributed by atoms with Gasteiger partial charge in [-0.1, -0.05) is 41.4 Å². The van der Waals surface area contributed by atoms with Crippen molar-refractivity contribution in [3.8, 4) is 5.75 Å². The molecule has 2 aromatic carbocycles. The fourth-order valence-corrected chi connectivity index (χ4v) is 6.40. The number of aryl methyl sites for hydroxylation is 2. The monoisotopic (exact) mass is 602 g/mol. The zero-order valence-corrected chi connectivity index (χ0v) is 24.1. The summed E-state index contributed by atoms with van der Waals surface area (Å²) in [4.78, 5) is 37.7. The Morgan fingerprint density at radius 1 is 1.07 bits per heavy atom. The van der Waals surface area contributed by atoms with Gasteiger partial charge in [0.15, 0.2) is 5.69 Å². The van der Waals surface area contributed by atoms with Crippen LogP contribution >= 0.6 is 11.6 Å². The molecular weight excluding hydrogens is 572 g/mol. The number of hydrogen-bond donors (Lipinski definition) is 4. The first-order valence-corrected chi connectivity index (χ1v) is 14.8. The Kier molecular flexibility index (Phi) is 9.05. The normalized spacial score (nSPS) is 14.5. The molecule has 0 unspecified atom stereocenters. The molecule has 218 valence electrons. The van der Waals surface area contributed by atoms with Crippen LogP contribution in [0.4, 0.5) is 10.5 Å². The van der Waals surface area contributed by atoms with Crippen LogP contribution in [0.25, 0.3) is 0 Å². The van der Waals surface area contributed by atoms with Crippen LogP contribution in [0, 0.1) is 13.8 Å². The molecule has 1 atom stereocenters. The SMILES string of the molecule is Cc1ccc([C@H](CC(=O)O)NC(=O)Nc2c(O)c(C)cn(Cc3cc(S(=O)(=O)N4CCCC4)ccc3Cl)c2=O)cc1. The third-order valence-electron chi connectivity index (χ3n) is 6.90. The van der Waals surface area contributed by atoms with Crippen molar-refractivity contribution < 1.29 is 28.2 Å². The smallest absolute Gasteiger partial charge is 0.319 e. The molecule has 1 fully saturated rings. The molecule has 2 heterocycles. The topological polar surface area (TPSA) is 158 Å². The Balaban J connectivity index is 1.60. The number of benzene rings is 2. The third kappa shape index (κ3) is 6.89. The van der Waals surface area contributed by atoms with E-state index < -0.39 is 51.5 Å². The number of carboxylic acids is 1. The summed E-state index contributed by atoms with van der Waals surface area (Å²) < 4.78 is 28.7. The summed E-state index contributed by atoms with van der Waals surface area (Å²) >= 11 is 6.37. The van der Waals surface area contributed by atoms with Gasteiger partial charge in [-0.25, -0.2) is 13.2 Å². The number of nitrogens with one attached hydrogen (secondary N) is 2. The molecule has 0 aliphatic carbocycles. The second-order valence-corrected chi connectivity index (χ2v) is 12.3. The molecule has 0 bridgehead atoms. The number of aromatic nitrogens is 1. The van der Waals surface area contributed by atoms with Gasteiger partial charge in [-0.2, -0.15) is 4.31 Å². The molecule has 1 aliphatic rings. The van der Waals surface area contributed by atoms with E-state index in [4.69, 9.17) is 11.6 Å². The van der Waals surface area contributed by atoms with Crippen molar-refractivity contribution in [2.45, 2.75) is 50.6 Å². The first-order valence-electron chi connectivity index (χ1n) is 12.9. The maximum absolute atomic E-state index is 13.4. The highest BCUT2D eigenvalue weighted by molar-refractivity contribution is 7.89.